The molecule has 2 amide bonds. The minimum absolute atomic E-state index is 0.00212. The minimum atomic E-state index is -4.30. The molecule has 10 nitrogen and oxygen atoms in total. The average Bonchev–Trinajstić information content (AvgIpc) is 3.02. The van der Waals surface area contributed by atoms with Gasteiger partial charge in [0.15, 0.2) is 0 Å². The summed E-state index contributed by atoms with van der Waals surface area (Å²) in [5.74, 6) is -0.958. The van der Waals surface area contributed by atoms with Crippen LogP contribution in [0, 0.1) is 10.1 Å². The van der Waals surface area contributed by atoms with Crippen LogP contribution >= 0.6 is 23.2 Å². The molecule has 1 atom stereocenters. The van der Waals surface area contributed by atoms with Gasteiger partial charge in [0.1, 0.15) is 12.6 Å². The van der Waals surface area contributed by atoms with Crippen molar-refractivity contribution in [3.05, 3.63) is 98.5 Å². The quantitative estimate of drug-likeness (QED) is 0.178. The zero-order valence-electron chi connectivity index (χ0n) is 24.2. The van der Waals surface area contributed by atoms with Crippen molar-refractivity contribution in [1.82, 2.24) is 10.2 Å². The van der Waals surface area contributed by atoms with Gasteiger partial charge in [-0.25, -0.2) is 8.42 Å². The summed E-state index contributed by atoms with van der Waals surface area (Å²) in [7, 11) is -4.30. The molecular weight excluding hydrogens is 627 g/mol. The molecule has 1 saturated carbocycles. The molecule has 1 aliphatic carbocycles. The fourth-order valence-corrected chi connectivity index (χ4v) is 7.04. The molecule has 3 aromatic carbocycles. The van der Waals surface area contributed by atoms with E-state index in [-0.39, 0.29) is 46.2 Å². The van der Waals surface area contributed by atoms with Crippen molar-refractivity contribution < 1.29 is 22.9 Å². The first-order valence-corrected chi connectivity index (χ1v) is 16.6. The van der Waals surface area contributed by atoms with Gasteiger partial charge in [-0.15, -0.1) is 0 Å². The van der Waals surface area contributed by atoms with Gasteiger partial charge in [0, 0.05) is 24.7 Å². The van der Waals surface area contributed by atoms with E-state index in [2.05, 4.69) is 5.32 Å². The van der Waals surface area contributed by atoms with Crippen molar-refractivity contribution in [2.75, 3.05) is 10.8 Å². The number of rotatable bonds is 12. The molecule has 0 radical (unpaired) electrons. The normalized spacial score (nSPS) is 14.4. The second-order valence-electron chi connectivity index (χ2n) is 10.6. The number of nitro groups is 1. The fraction of sp³-hybridized carbons (Fsp3) is 0.355. The van der Waals surface area contributed by atoms with E-state index in [0.717, 1.165) is 36.4 Å². The number of halogens is 2. The van der Waals surface area contributed by atoms with Gasteiger partial charge in [-0.05, 0) is 61.2 Å². The predicted molar refractivity (Wildman–Crippen MR) is 170 cm³/mol. The van der Waals surface area contributed by atoms with E-state index in [1.54, 1.807) is 43.3 Å². The van der Waals surface area contributed by atoms with Crippen molar-refractivity contribution in [3.63, 3.8) is 0 Å². The number of non-ortho nitro benzene ring substituents is 1. The highest BCUT2D eigenvalue weighted by molar-refractivity contribution is 7.92. The van der Waals surface area contributed by atoms with Crippen LogP contribution in [0.3, 0.4) is 0 Å². The van der Waals surface area contributed by atoms with Crippen LogP contribution in [-0.2, 0) is 26.2 Å². The number of benzene rings is 3. The number of sulfonamides is 1. The zero-order chi connectivity index (χ0) is 31.9. The molecule has 3 aromatic rings. The lowest BCUT2D eigenvalue weighted by molar-refractivity contribution is -0.384. The van der Waals surface area contributed by atoms with Crippen LogP contribution in [0.1, 0.15) is 51.0 Å². The Morgan fingerprint density at radius 2 is 1.64 bits per heavy atom. The molecule has 1 N–H and O–H groups in total. The predicted octanol–water partition coefficient (Wildman–Crippen LogP) is 6.35. The molecule has 13 heteroatoms. The summed E-state index contributed by atoms with van der Waals surface area (Å²) < 4.78 is 28.7. The summed E-state index contributed by atoms with van der Waals surface area (Å²) >= 11 is 12.4. The number of hydrogen-bond donors (Lipinski definition) is 1. The van der Waals surface area contributed by atoms with Gasteiger partial charge in [-0.1, -0.05) is 73.7 Å². The zero-order valence-corrected chi connectivity index (χ0v) is 26.5. The van der Waals surface area contributed by atoms with Crippen LogP contribution in [0.2, 0.25) is 10.0 Å². The SMILES string of the molecule is CCC(C(=O)NC1CCCCC1)N(Cc1ccc(Cl)c(Cl)c1)C(=O)CN(c1ccc([N+](=O)[O-])cc1)S(=O)(=O)c1ccccc1. The third kappa shape index (κ3) is 8.08. The maximum atomic E-state index is 14.2. The molecule has 234 valence electrons. The molecule has 0 aliphatic heterocycles. The van der Waals surface area contributed by atoms with Gasteiger partial charge in [-0.3, -0.25) is 24.0 Å². The largest absolute Gasteiger partial charge is 0.352 e. The molecule has 44 heavy (non-hydrogen) atoms. The molecular formula is C31H34Cl2N4O6S. The minimum Gasteiger partial charge on any atom is -0.352 e. The molecule has 0 aromatic heterocycles. The van der Waals surface area contributed by atoms with Crippen LogP contribution in [0.4, 0.5) is 11.4 Å². The summed E-state index contributed by atoms with van der Waals surface area (Å²) in [6, 6.07) is 16.5. The third-order valence-electron chi connectivity index (χ3n) is 7.63. The number of amides is 2. The van der Waals surface area contributed by atoms with Crippen molar-refractivity contribution in [3.8, 4) is 0 Å². The van der Waals surface area contributed by atoms with E-state index in [1.165, 1.54) is 41.3 Å². The van der Waals surface area contributed by atoms with E-state index in [4.69, 9.17) is 23.2 Å². The van der Waals surface area contributed by atoms with E-state index >= 15 is 0 Å². The molecule has 0 spiro atoms. The van der Waals surface area contributed by atoms with Crippen molar-refractivity contribution in [1.29, 1.82) is 0 Å². The lowest BCUT2D eigenvalue weighted by atomic mass is 9.95. The highest BCUT2D eigenvalue weighted by Crippen LogP contribution is 2.28. The average molecular weight is 662 g/mol. The van der Waals surface area contributed by atoms with Crippen molar-refractivity contribution >= 4 is 56.4 Å². The molecule has 1 aliphatic rings. The Morgan fingerprint density at radius 3 is 2.23 bits per heavy atom. The summed E-state index contributed by atoms with van der Waals surface area (Å²) in [5, 5.41) is 15.0. The molecule has 1 unspecified atom stereocenters. The lowest BCUT2D eigenvalue weighted by Gasteiger charge is -2.34. The smallest absolute Gasteiger partial charge is 0.269 e. The monoisotopic (exact) mass is 660 g/mol. The van der Waals surface area contributed by atoms with Gasteiger partial charge in [0.05, 0.1) is 25.6 Å². The maximum Gasteiger partial charge on any atom is 0.269 e. The van der Waals surface area contributed by atoms with Crippen LogP contribution in [0.25, 0.3) is 0 Å². The van der Waals surface area contributed by atoms with Crippen LogP contribution in [-0.4, -0.2) is 48.7 Å². The number of carbonyl (C=O) groups is 2. The van der Waals surface area contributed by atoms with Gasteiger partial charge in [-0.2, -0.15) is 0 Å². The van der Waals surface area contributed by atoms with Crippen molar-refractivity contribution in [2.24, 2.45) is 0 Å². The number of carbonyl (C=O) groups excluding carboxylic acids is 2. The van der Waals surface area contributed by atoms with E-state index in [1.807, 2.05) is 0 Å². The fourth-order valence-electron chi connectivity index (χ4n) is 5.29. The molecule has 0 saturated heterocycles. The Hall–Kier alpha value is -3.67. The van der Waals surface area contributed by atoms with E-state index in [0.29, 0.717) is 10.6 Å². The van der Waals surface area contributed by atoms with Crippen molar-refractivity contribution in [2.45, 2.75) is 69.0 Å². The Morgan fingerprint density at radius 1 is 0.977 bits per heavy atom. The Bertz CT molecular complexity index is 1580. The summed E-state index contributed by atoms with van der Waals surface area (Å²) in [4.78, 5) is 39.8. The number of nitrogens with zero attached hydrogens (tertiary/aromatic N) is 3. The van der Waals surface area contributed by atoms with Gasteiger partial charge in [0.25, 0.3) is 15.7 Å². The Labute approximate surface area is 267 Å². The number of nitrogens with one attached hydrogen (secondary N) is 1. The summed E-state index contributed by atoms with van der Waals surface area (Å²) in [5.41, 5.74) is 0.426. The first kappa shape index (κ1) is 33.2. The standard InChI is InChI=1S/C31H34Cl2N4O6S/c1-2-29(31(39)34-23-9-5-3-6-10-23)35(20-22-13-18-27(32)28(33)19-22)30(38)21-36(24-14-16-25(17-15-24)37(40)41)44(42,43)26-11-7-4-8-12-26/h4,7-8,11-19,23,29H,2-3,5-6,9-10,20-21H2,1H3,(H,34,39). The Balaban J connectivity index is 1.72. The number of nitro benzene ring substituents is 1. The van der Waals surface area contributed by atoms with Gasteiger partial charge >= 0.3 is 0 Å². The second-order valence-corrected chi connectivity index (χ2v) is 13.3. The third-order valence-corrected chi connectivity index (χ3v) is 10.2. The first-order chi connectivity index (χ1) is 21.0. The van der Waals surface area contributed by atoms with E-state index < -0.39 is 33.4 Å². The van der Waals surface area contributed by atoms with Crippen LogP contribution < -0.4 is 9.62 Å². The van der Waals surface area contributed by atoms with Gasteiger partial charge < -0.3 is 10.2 Å². The highest BCUT2D eigenvalue weighted by atomic mass is 35.5. The summed E-state index contributed by atoms with van der Waals surface area (Å²) in [6.07, 6.45) is 5.11. The molecule has 0 bridgehead atoms. The summed E-state index contributed by atoms with van der Waals surface area (Å²) in [6.45, 7) is 1.09. The highest BCUT2D eigenvalue weighted by Gasteiger charge is 2.34. The Kier molecular flexibility index (Phi) is 11.2. The number of hydrogen-bond acceptors (Lipinski definition) is 6. The van der Waals surface area contributed by atoms with Crippen LogP contribution in [0.5, 0.6) is 0 Å². The molecule has 1 fully saturated rings. The van der Waals surface area contributed by atoms with E-state index in [9.17, 15) is 28.1 Å². The number of anilines is 1. The van der Waals surface area contributed by atoms with Gasteiger partial charge in [0.2, 0.25) is 11.8 Å². The first-order valence-electron chi connectivity index (χ1n) is 14.4. The maximum absolute atomic E-state index is 14.2. The van der Waals surface area contributed by atoms with Crippen LogP contribution in [0.15, 0.2) is 77.7 Å². The lowest BCUT2D eigenvalue weighted by Crippen LogP contribution is -2.54. The topological polar surface area (TPSA) is 130 Å². The molecule has 0 heterocycles. The second kappa shape index (κ2) is 14.9. The molecule has 4 rings (SSSR count).